The molecule has 1 heterocycles. The fourth-order valence-corrected chi connectivity index (χ4v) is 3.84. The molecule has 0 aromatic heterocycles. The Kier molecular flexibility index (Phi) is 6.31. The molecule has 20 heavy (non-hydrogen) atoms. The number of hydrogen-bond acceptors (Lipinski definition) is 3. The molecule has 0 aromatic carbocycles. The molecule has 1 saturated carbocycles. The molecule has 2 rings (SSSR count). The second-order valence-electron chi connectivity index (χ2n) is 7.60. The lowest BCUT2D eigenvalue weighted by Gasteiger charge is -2.40. The number of rotatable bonds is 6. The minimum atomic E-state index is -0.176. The average Bonchev–Trinajstić information content (AvgIpc) is 2.89. The van der Waals surface area contributed by atoms with E-state index in [1.807, 2.05) is 6.92 Å². The molecule has 0 bridgehead atoms. The van der Waals surface area contributed by atoms with Crippen molar-refractivity contribution in [2.24, 2.45) is 17.8 Å². The van der Waals surface area contributed by atoms with Gasteiger partial charge in [-0.05, 0) is 50.5 Å². The summed E-state index contributed by atoms with van der Waals surface area (Å²) in [5.41, 5.74) is 0. The van der Waals surface area contributed by atoms with Crippen molar-refractivity contribution in [3.05, 3.63) is 0 Å². The molecule has 2 aliphatic rings. The molecular formula is C17H34N2O. The van der Waals surface area contributed by atoms with Crippen LogP contribution in [0.5, 0.6) is 0 Å². The van der Waals surface area contributed by atoms with Gasteiger partial charge in [-0.25, -0.2) is 0 Å². The number of aliphatic hydroxyl groups excluding tert-OH is 1. The molecule has 3 nitrogen and oxygen atoms in total. The zero-order valence-electron chi connectivity index (χ0n) is 13.6. The van der Waals surface area contributed by atoms with Crippen molar-refractivity contribution in [1.29, 1.82) is 0 Å². The third kappa shape index (κ3) is 5.01. The molecule has 3 unspecified atom stereocenters. The van der Waals surface area contributed by atoms with E-state index < -0.39 is 0 Å². The summed E-state index contributed by atoms with van der Waals surface area (Å²) in [6.07, 6.45) is 6.64. The van der Waals surface area contributed by atoms with E-state index in [1.165, 1.54) is 38.8 Å². The topological polar surface area (TPSA) is 35.5 Å². The highest BCUT2D eigenvalue weighted by atomic mass is 16.3. The molecule has 1 saturated heterocycles. The maximum absolute atomic E-state index is 10.00. The van der Waals surface area contributed by atoms with Crippen LogP contribution in [0.3, 0.4) is 0 Å². The fourth-order valence-electron chi connectivity index (χ4n) is 3.84. The number of likely N-dealkylation sites (tertiary alicyclic amines) is 1. The molecule has 0 amide bonds. The van der Waals surface area contributed by atoms with Crippen LogP contribution in [0.2, 0.25) is 0 Å². The Labute approximate surface area is 125 Å². The quantitative estimate of drug-likeness (QED) is 0.786. The molecular weight excluding hydrogens is 248 g/mol. The standard InChI is InChI=1S/C17H34N2O/c1-13(2)9-18-17-8-16(14(3)20)11-19(12-17)10-15-6-4-5-7-15/h13-18,20H,4-12H2,1-3H3. The highest BCUT2D eigenvalue weighted by Crippen LogP contribution is 2.28. The summed E-state index contributed by atoms with van der Waals surface area (Å²) in [4.78, 5) is 2.62. The lowest BCUT2D eigenvalue weighted by Crippen LogP contribution is -2.52. The van der Waals surface area contributed by atoms with E-state index in [2.05, 4.69) is 24.1 Å². The number of aliphatic hydroxyl groups is 1. The Hall–Kier alpha value is -0.120. The first kappa shape index (κ1) is 16.3. The molecule has 3 atom stereocenters. The SMILES string of the molecule is CC(C)CNC1CC(C(C)O)CN(CC2CCCC2)C1. The van der Waals surface area contributed by atoms with E-state index in [9.17, 15) is 5.11 Å². The summed E-state index contributed by atoms with van der Waals surface area (Å²) in [7, 11) is 0. The van der Waals surface area contributed by atoms with Crippen LogP contribution in [0.15, 0.2) is 0 Å². The predicted molar refractivity (Wildman–Crippen MR) is 84.8 cm³/mol. The van der Waals surface area contributed by atoms with Crippen LogP contribution in [0.4, 0.5) is 0 Å². The smallest absolute Gasteiger partial charge is 0.0553 e. The molecule has 0 radical (unpaired) electrons. The summed E-state index contributed by atoms with van der Waals surface area (Å²) in [6, 6.07) is 0.562. The van der Waals surface area contributed by atoms with Crippen molar-refractivity contribution in [1.82, 2.24) is 10.2 Å². The summed E-state index contributed by atoms with van der Waals surface area (Å²) >= 11 is 0. The van der Waals surface area contributed by atoms with Gasteiger partial charge in [0.25, 0.3) is 0 Å². The van der Waals surface area contributed by atoms with Gasteiger partial charge >= 0.3 is 0 Å². The van der Waals surface area contributed by atoms with Crippen LogP contribution >= 0.6 is 0 Å². The Morgan fingerprint density at radius 1 is 1.15 bits per heavy atom. The maximum atomic E-state index is 10.00. The van der Waals surface area contributed by atoms with Gasteiger partial charge in [0, 0.05) is 25.7 Å². The summed E-state index contributed by atoms with van der Waals surface area (Å²) < 4.78 is 0. The van der Waals surface area contributed by atoms with Crippen LogP contribution in [-0.4, -0.2) is 48.3 Å². The van der Waals surface area contributed by atoms with Crippen LogP contribution in [0, 0.1) is 17.8 Å². The number of piperidine rings is 1. The first-order chi connectivity index (χ1) is 9.54. The Balaban J connectivity index is 1.86. The van der Waals surface area contributed by atoms with Crippen molar-refractivity contribution in [2.45, 2.75) is 65.0 Å². The highest BCUT2D eigenvalue weighted by molar-refractivity contribution is 4.87. The molecule has 2 fully saturated rings. The average molecular weight is 282 g/mol. The van der Waals surface area contributed by atoms with Crippen molar-refractivity contribution < 1.29 is 5.11 Å². The largest absolute Gasteiger partial charge is 0.393 e. The molecule has 1 aliphatic carbocycles. The van der Waals surface area contributed by atoms with E-state index in [-0.39, 0.29) is 6.10 Å². The third-order valence-electron chi connectivity index (χ3n) is 5.05. The van der Waals surface area contributed by atoms with Gasteiger partial charge in [-0.15, -0.1) is 0 Å². The van der Waals surface area contributed by atoms with E-state index >= 15 is 0 Å². The summed E-state index contributed by atoms with van der Waals surface area (Å²) in [5, 5.41) is 13.7. The first-order valence-electron chi connectivity index (χ1n) is 8.68. The van der Waals surface area contributed by atoms with Gasteiger partial charge < -0.3 is 15.3 Å². The molecule has 2 N–H and O–H groups in total. The zero-order chi connectivity index (χ0) is 14.5. The number of hydrogen-bond donors (Lipinski definition) is 2. The highest BCUT2D eigenvalue weighted by Gasteiger charge is 2.31. The van der Waals surface area contributed by atoms with Gasteiger partial charge in [-0.2, -0.15) is 0 Å². The van der Waals surface area contributed by atoms with E-state index in [0.29, 0.717) is 17.9 Å². The Morgan fingerprint density at radius 3 is 2.45 bits per heavy atom. The number of nitrogens with zero attached hydrogens (tertiary/aromatic N) is 1. The molecule has 0 spiro atoms. The molecule has 118 valence electrons. The maximum Gasteiger partial charge on any atom is 0.0553 e. The van der Waals surface area contributed by atoms with Crippen molar-refractivity contribution in [2.75, 3.05) is 26.2 Å². The lowest BCUT2D eigenvalue weighted by atomic mass is 9.89. The second kappa shape index (κ2) is 7.77. The van der Waals surface area contributed by atoms with Crippen LogP contribution in [0.25, 0.3) is 0 Å². The Morgan fingerprint density at radius 2 is 1.85 bits per heavy atom. The minimum absolute atomic E-state index is 0.176. The summed E-state index contributed by atoms with van der Waals surface area (Å²) in [6.45, 7) is 11.1. The normalized spacial score (nSPS) is 31.1. The van der Waals surface area contributed by atoms with Crippen molar-refractivity contribution in [3.8, 4) is 0 Å². The van der Waals surface area contributed by atoms with Gasteiger partial charge in [-0.3, -0.25) is 0 Å². The van der Waals surface area contributed by atoms with Crippen LogP contribution in [-0.2, 0) is 0 Å². The zero-order valence-corrected chi connectivity index (χ0v) is 13.6. The fraction of sp³-hybridized carbons (Fsp3) is 1.00. The molecule has 3 heteroatoms. The van der Waals surface area contributed by atoms with Gasteiger partial charge in [0.1, 0.15) is 0 Å². The molecule has 0 aromatic rings. The minimum Gasteiger partial charge on any atom is -0.393 e. The Bertz CT molecular complexity index is 272. The van der Waals surface area contributed by atoms with Gasteiger partial charge in [0.15, 0.2) is 0 Å². The van der Waals surface area contributed by atoms with Crippen LogP contribution < -0.4 is 5.32 Å². The van der Waals surface area contributed by atoms with E-state index in [4.69, 9.17) is 0 Å². The van der Waals surface area contributed by atoms with E-state index in [1.54, 1.807) is 0 Å². The van der Waals surface area contributed by atoms with Crippen molar-refractivity contribution in [3.63, 3.8) is 0 Å². The van der Waals surface area contributed by atoms with Crippen LogP contribution in [0.1, 0.15) is 52.9 Å². The lowest BCUT2D eigenvalue weighted by molar-refractivity contribution is 0.0414. The van der Waals surface area contributed by atoms with Gasteiger partial charge in [-0.1, -0.05) is 26.7 Å². The van der Waals surface area contributed by atoms with E-state index in [0.717, 1.165) is 25.4 Å². The predicted octanol–water partition coefficient (Wildman–Crippen LogP) is 2.49. The molecule has 1 aliphatic heterocycles. The number of nitrogens with one attached hydrogen (secondary N) is 1. The third-order valence-corrected chi connectivity index (χ3v) is 5.05. The first-order valence-corrected chi connectivity index (χ1v) is 8.68. The van der Waals surface area contributed by atoms with Gasteiger partial charge in [0.05, 0.1) is 6.10 Å². The second-order valence-corrected chi connectivity index (χ2v) is 7.60. The monoisotopic (exact) mass is 282 g/mol. The van der Waals surface area contributed by atoms with Crippen molar-refractivity contribution >= 4 is 0 Å². The summed E-state index contributed by atoms with van der Waals surface area (Å²) in [5.74, 6) is 2.05. The van der Waals surface area contributed by atoms with Gasteiger partial charge in [0.2, 0.25) is 0 Å².